The van der Waals surface area contributed by atoms with Crippen LogP contribution in [0.3, 0.4) is 0 Å². The monoisotopic (exact) mass is 302 g/mol. The minimum atomic E-state index is 0.428. The van der Waals surface area contributed by atoms with Gasteiger partial charge in [0.15, 0.2) is 5.96 Å². The normalized spacial score (nSPS) is 13.2. The van der Waals surface area contributed by atoms with Crippen molar-refractivity contribution >= 4 is 23.0 Å². The smallest absolute Gasteiger partial charge is 0.193 e. The van der Waals surface area contributed by atoms with E-state index in [2.05, 4.69) is 41.3 Å². The minimum Gasteiger partial charge on any atom is -0.370 e. The Labute approximate surface area is 130 Å². The molecule has 21 heavy (non-hydrogen) atoms. The predicted molar refractivity (Wildman–Crippen MR) is 90.9 cm³/mol. The van der Waals surface area contributed by atoms with Crippen molar-refractivity contribution in [2.75, 3.05) is 5.32 Å². The summed E-state index contributed by atoms with van der Waals surface area (Å²) in [6.45, 7) is 6.98. The number of benzene rings is 1. The van der Waals surface area contributed by atoms with Crippen LogP contribution in [-0.2, 0) is 6.54 Å². The van der Waals surface area contributed by atoms with Crippen LogP contribution in [0.15, 0.2) is 35.5 Å². The quantitative estimate of drug-likeness (QED) is 0.650. The third-order valence-electron chi connectivity index (χ3n) is 3.44. The Bertz CT molecular complexity index is 601. The summed E-state index contributed by atoms with van der Waals surface area (Å²) in [5, 5.41) is 4.16. The Hall–Kier alpha value is -1.88. The largest absolute Gasteiger partial charge is 0.370 e. The number of guanidine groups is 1. The first-order valence-electron chi connectivity index (χ1n) is 7.16. The van der Waals surface area contributed by atoms with E-state index in [9.17, 15) is 0 Å². The van der Waals surface area contributed by atoms with E-state index < -0.39 is 0 Å². The van der Waals surface area contributed by atoms with Gasteiger partial charge in [0, 0.05) is 16.8 Å². The maximum atomic E-state index is 5.91. The third-order valence-corrected chi connectivity index (χ3v) is 4.34. The summed E-state index contributed by atoms with van der Waals surface area (Å²) in [5.41, 5.74) is 8.22. The van der Waals surface area contributed by atoms with E-state index in [1.54, 1.807) is 11.3 Å². The number of rotatable bonds is 5. The molecule has 3 N–H and O–H groups in total. The maximum Gasteiger partial charge on any atom is 0.193 e. The van der Waals surface area contributed by atoms with Gasteiger partial charge in [0.2, 0.25) is 0 Å². The summed E-state index contributed by atoms with van der Waals surface area (Å²) < 4.78 is 0. The number of aryl methyl sites for hydroxylation is 1. The fourth-order valence-electron chi connectivity index (χ4n) is 1.96. The molecule has 1 aromatic carbocycles. The van der Waals surface area contributed by atoms with Crippen LogP contribution in [0.25, 0.3) is 0 Å². The Kier molecular flexibility index (Phi) is 5.33. The molecular formula is C16H22N4S. The lowest BCUT2D eigenvalue weighted by molar-refractivity contribution is 0.734. The zero-order chi connectivity index (χ0) is 15.2. The van der Waals surface area contributed by atoms with Gasteiger partial charge in [0.25, 0.3) is 0 Å². The van der Waals surface area contributed by atoms with Crippen LogP contribution in [0.2, 0.25) is 0 Å². The molecule has 4 nitrogen and oxygen atoms in total. The highest BCUT2D eigenvalue weighted by Crippen LogP contribution is 2.20. The van der Waals surface area contributed by atoms with Gasteiger partial charge in [-0.25, -0.2) is 9.98 Å². The van der Waals surface area contributed by atoms with Crippen molar-refractivity contribution in [3.63, 3.8) is 0 Å². The molecule has 0 spiro atoms. The molecule has 1 heterocycles. The van der Waals surface area contributed by atoms with Gasteiger partial charge >= 0.3 is 0 Å². The number of hydrogen-bond acceptors (Lipinski definition) is 3. The molecule has 1 aromatic heterocycles. The number of nitrogens with one attached hydrogen (secondary N) is 1. The second-order valence-electron chi connectivity index (χ2n) is 5.10. The first-order valence-corrected chi connectivity index (χ1v) is 7.98. The van der Waals surface area contributed by atoms with E-state index in [1.165, 1.54) is 5.56 Å². The molecule has 5 heteroatoms. The van der Waals surface area contributed by atoms with Crippen LogP contribution in [0.5, 0.6) is 0 Å². The van der Waals surface area contributed by atoms with Gasteiger partial charge in [-0.2, -0.15) is 0 Å². The highest BCUT2D eigenvalue weighted by molar-refractivity contribution is 7.11. The molecular weight excluding hydrogens is 280 g/mol. The van der Waals surface area contributed by atoms with Crippen LogP contribution < -0.4 is 11.1 Å². The number of nitrogens with two attached hydrogens (primary N) is 1. The molecule has 1 unspecified atom stereocenters. The molecule has 0 saturated carbocycles. The van der Waals surface area contributed by atoms with E-state index in [-0.39, 0.29) is 0 Å². The summed E-state index contributed by atoms with van der Waals surface area (Å²) in [5.74, 6) is 1.01. The number of hydrogen-bond donors (Lipinski definition) is 2. The molecule has 1 atom stereocenters. The van der Waals surface area contributed by atoms with Crippen molar-refractivity contribution in [1.29, 1.82) is 0 Å². The van der Waals surface area contributed by atoms with Crippen molar-refractivity contribution in [1.82, 2.24) is 4.98 Å². The molecule has 0 aliphatic heterocycles. The molecule has 2 aromatic rings. The highest BCUT2D eigenvalue weighted by atomic mass is 32.1. The first kappa shape index (κ1) is 15.5. The number of anilines is 1. The lowest BCUT2D eigenvalue weighted by Gasteiger charge is -2.10. The van der Waals surface area contributed by atoms with E-state index in [0.29, 0.717) is 18.4 Å². The number of nitrogens with zero attached hydrogens (tertiary/aromatic N) is 2. The Balaban J connectivity index is 1.94. The van der Waals surface area contributed by atoms with Crippen molar-refractivity contribution in [3.05, 3.63) is 45.9 Å². The van der Waals surface area contributed by atoms with Gasteiger partial charge in [0.05, 0.1) is 11.6 Å². The molecule has 0 amide bonds. The zero-order valence-electron chi connectivity index (χ0n) is 12.8. The minimum absolute atomic E-state index is 0.428. The number of aromatic nitrogens is 1. The lowest BCUT2D eigenvalue weighted by Crippen LogP contribution is -2.22. The summed E-state index contributed by atoms with van der Waals surface area (Å²) in [6, 6.07) is 8.36. The number of thiazole rings is 1. The Morgan fingerprint density at radius 1 is 1.38 bits per heavy atom. The molecule has 2 rings (SSSR count). The van der Waals surface area contributed by atoms with Gasteiger partial charge in [-0.3, -0.25) is 0 Å². The van der Waals surface area contributed by atoms with E-state index in [1.807, 2.05) is 25.3 Å². The van der Waals surface area contributed by atoms with Crippen molar-refractivity contribution in [2.24, 2.45) is 10.7 Å². The van der Waals surface area contributed by atoms with Crippen LogP contribution in [0.1, 0.15) is 41.6 Å². The van der Waals surface area contributed by atoms with Gasteiger partial charge in [0.1, 0.15) is 0 Å². The highest BCUT2D eigenvalue weighted by Gasteiger charge is 2.03. The molecule has 0 radical (unpaired) electrons. The predicted octanol–water partition coefficient (Wildman–Crippen LogP) is 3.89. The Morgan fingerprint density at radius 3 is 2.67 bits per heavy atom. The molecule has 0 aliphatic rings. The maximum absolute atomic E-state index is 5.91. The topological polar surface area (TPSA) is 63.3 Å². The number of aliphatic imine (C=N–C) groups is 1. The molecule has 0 saturated heterocycles. The molecule has 0 aliphatic carbocycles. The second-order valence-corrected chi connectivity index (χ2v) is 6.42. The van der Waals surface area contributed by atoms with Crippen molar-refractivity contribution in [2.45, 2.75) is 39.7 Å². The van der Waals surface area contributed by atoms with Crippen LogP contribution in [0.4, 0.5) is 5.69 Å². The van der Waals surface area contributed by atoms with Gasteiger partial charge < -0.3 is 11.1 Å². The van der Waals surface area contributed by atoms with Gasteiger partial charge in [-0.05, 0) is 37.0 Å². The summed E-state index contributed by atoms with van der Waals surface area (Å²) in [4.78, 5) is 9.65. The zero-order valence-corrected chi connectivity index (χ0v) is 13.6. The second kappa shape index (κ2) is 7.22. The standard InChI is InChI=1S/C16H22N4S/c1-4-11(2)13-5-7-14(8-6-13)20-16(17)19-10-15-9-18-12(3)21-15/h5-9,11H,4,10H2,1-3H3,(H3,17,19,20). The van der Waals surface area contributed by atoms with Gasteiger partial charge in [-0.15, -0.1) is 11.3 Å². The van der Waals surface area contributed by atoms with Crippen LogP contribution in [-0.4, -0.2) is 10.9 Å². The summed E-state index contributed by atoms with van der Waals surface area (Å²) >= 11 is 1.64. The summed E-state index contributed by atoms with van der Waals surface area (Å²) in [7, 11) is 0. The average molecular weight is 302 g/mol. The first-order chi connectivity index (χ1) is 10.1. The molecule has 112 valence electrons. The van der Waals surface area contributed by atoms with E-state index in [0.717, 1.165) is 22.0 Å². The van der Waals surface area contributed by atoms with E-state index in [4.69, 9.17) is 5.73 Å². The average Bonchev–Trinajstić information content (AvgIpc) is 2.91. The lowest BCUT2D eigenvalue weighted by atomic mass is 9.99. The third kappa shape index (κ3) is 4.56. The van der Waals surface area contributed by atoms with Crippen molar-refractivity contribution < 1.29 is 0 Å². The Morgan fingerprint density at radius 2 is 2.10 bits per heavy atom. The van der Waals surface area contributed by atoms with E-state index >= 15 is 0 Å². The fourth-order valence-corrected chi connectivity index (χ4v) is 2.68. The fraction of sp³-hybridized carbons (Fsp3) is 0.375. The summed E-state index contributed by atoms with van der Waals surface area (Å²) in [6.07, 6.45) is 2.99. The SMILES string of the molecule is CCC(C)c1ccc(NC(N)=NCc2cnc(C)s2)cc1. The molecule has 0 fully saturated rings. The van der Waals surface area contributed by atoms with Crippen molar-refractivity contribution in [3.8, 4) is 0 Å². The van der Waals surface area contributed by atoms with Crippen LogP contribution in [0, 0.1) is 6.92 Å². The van der Waals surface area contributed by atoms with Crippen LogP contribution >= 0.6 is 11.3 Å². The van der Waals surface area contributed by atoms with Gasteiger partial charge in [-0.1, -0.05) is 26.0 Å². The molecule has 0 bridgehead atoms.